The summed E-state index contributed by atoms with van der Waals surface area (Å²) < 4.78 is 26.1. The van der Waals surface area contributed by atoms with E-state index in [0.29, 0.717) is 5.56 Å². The first kappa shape index (κ1) is 12.7. The van der Waals surface area contributed by atoms with Crippen molar-refractivity contribution in [1.29, 1.82) is 5.41 Å². The average molecular weight is 241 g/mol. The third kappa shape index (κ3) is 2.80. The van der Waals surface area contributed by atoms with E-state index in [1.165, 1.54) is 13.0 Å². The molecule has 0 aliphatic rings. The second-order valence-electron chi connectivity index (χ2n) is 3.56. The fourth-order valence-corrected chi connectivity index (χ4v) is 2.69. The SMILES string of the molecule is Cc1ccccc1S(=O)(=O)NC(C)C(=N)N. The van der Waals surface area contributed by atoms with E-state index in [4.69, 9.17) is 11.1 Å². The van der Waals surface area contributed by atoms with Gasteiger partial charge in [0.15, 0.2) is 0 Å². The highest BCUT2D eigenvalue weighted by Crippen LogP contribution is 2.13. The molecule has 1 aromatic rings. The summed E-state index contributed by atoms with van der Waals surface area (Å²) in [6.07, 6.45) is 0. The van der Waals surface area contributed by atoms with Crippen molar-refractivity contribution in [2.45, 2.75) is 24.8 Å². The summed E-state index contributed by atoms with van der Waals surface area (Å²) >= 11 is 0. The monoisotopic (exact) mass is 241 g/mol. The molecule has 0 radical (unpaired) electrons. The molecule has 4 N–H and O–H groups in total. The van der Waals surface area contributed by atoms with Crippen LogP contribution >= 0.6 is 0 Å². The number of nitrogens with two attached hydrogens (primary N) is 1. The van der Waals surface area contributed by atoms with Crippen LogP contribution in [0.3, 0.4) is 0 Å². The van der Waals surface area contributed by atoms with Crippen LogP contribution in [0.15, 0.2) is 29.2 Å². The van der Waals surface area contributed by atoms with Gasteiger partial charge in [0.1, 0.15) is 5.84 Å². The van der Waals surface area contributed by atoms with Gasteiger partial charge in [-0.2, -0.15) is 0 Å². The number of benzene rings is 1. The van der Waals surface area contributed by atoms with Crippen molar-refractivity contribution in [3.8, 4) is 0 Å². The Kier molecular flexibility index (Phi) is 3.66. The zero-order chi connectivity index (χ0) is 12.3. The fraction of sp³-hybridized carbons (Fsp3) is 0.300. The van der Waals surface area contributed by atoms with Crippen molar-refractivity contribution >= 4 is 15.9 Å². The van der Waals surface area contributed by atoms with Crippen LogP contribution in [0.5, 0.6) is 0 Å². The Balaban J connectivity index is 3.04. The lowest BCUT2D eigenvalue weighted by Crippen LogP contribution is -2.41. The van der Waals surface area contributed by atoms with E-state index >= 15 is 0 Å². The van der Waals surface area contributed by atoms with Gasteiger partial charge in [-0.25, -0.2) is 13.1 Å². The third-order valence-corrected chi connectivity index (χ3v) is 3.88. The van der Waals surface area contributed by atoms with Crippen LogP contribution in [0.1, 0.15) is 12.5 Å². The quantitative estimate of drug-likeness (QED) is 0.532. The van der Waals surface area contributed by atoms with Crippen LogP contribution in [0.2, 0.25) is 0 Å². The van der Waals surface area contributed by atoms with Crippen molar-refractivity contribution in [1.82, 2.24) is 4.72 Å². The number of amidine groups is 1. The second kappa shape index (κ2) is 4.63. The summed E-state index contributed by atoms with van der Waals surface area (Å²) in [6.45, 7) is 3.24. The van der Waals surface area contributed by atoms with Crippen LogP contribution in [-0.2, 0) is 10.0 Å². The van der Waals surface area contributed by atoms with Gasteiger partial charge in [-0.3, -0.25) is 5.41 Å². The van der Waals surface area contributed by atoms with E-state index < -0.39 is 16.1 Å². The highest BCUT2D eigenvalue weighted by Gasteiger charge is 2.19. The van der Waals surface area contributed by atoms with Gasteiger partial charge in [0.05, 0.1) is 10.9 Å². The molecule has 0 heterocycles. The molecule has 0 bridgehead atoms. The summed E-state index contributed by atoms with van der Waals surface area (Å²) in [5.74, 6) is -0.211. The van der Waals surface area contributed by atoms with Crippen LogP contribution in [0, 0.1) is 12.3 Å². The maximum atomic E-state index is 11.9. The van der Waals surface area contributed by atoms with Crippen LogP contribution in [0.25, 0.3) is 0 Å². The van der Waals surface area contributed by atoms with Crippen molar-refractivity contribution in [3.05, 3.63) is 29.8 Å². The lowest BCUT2D eigenvalue weighted by Gasteiger charge is -2.13. The molecule has 0 spiro atoms. The van der Waals surface area contributed by atoms with E-state index in [2.05, 4.69) is 4.72 Å². The van der Waals surface area contributed by atoms with E-state index in [-0.39, 0.29) is 10.7 Å². The number of hydrogen-bond donors (Lipinski definition) is 3. The molecule has 0 saturated carbocycles. The first-order chi connectivity index (χ1) is 7.34. The molecule has 6 heteroatoms. The number of aryl methyl sites for hydroxylation is 1. The molecule has 1 unspecified atom stereocenters. The van der Waals surface area contributed by atoms with Crippen LogP contribution in [-0.4, -0.2) is 20.3 Å². The highest BCUT2D eigenvalue weighted by molar-refractivity contribution is 7.89. The van der Waals surface area contributed by atoms with Crippen LogP contribution in [0.4, 0.5) is 0 Å². The fourth-order valence-electron chi connectivity index (χ4n) is 1.22. The standard InChI is InChI=1S/C10H15N3O2S/c1-7-5-3-4-6-9(7)16(14,15)13-8(2)10(11)12/h3-6,8,13H,1-2H3,(H3,11,12). The molecule has 0 aromatic heterocycles. The number of nitrogens with one attached hydrogen (secondary N) is 2. The maximum absolute atomic E-state index is 11.9. The van der Waals surface area contributed by atoms with E-state index in [9.17, 15) is 8.42 Å². The van der Waals surface area contributed by atoms with Gasteiger partial charge in [-0.05, 0) is 25.5 Å². The van der Waals surface area contributed by atoms with E-state index in [0.717, 1.165) is 0 Å². The van der Waals surface area contributed by atoms with Gasteiger partial charge in [0.2, 0.25) is 10.0 Å². The minimum absolute atomic E-state index is 0.211. The molecule has 16 heavy (non-hydrogen) atoms. The zero-order valence-corrected chi connectivity index (χ0v) is 10.0. The first-order valence-corrected chi connectivity index (χ1v) is 6.25. The predicted octanol–water partition coefficient (Wildman–Crippen LogP) is 0.598. The largest absolute Gasteiger partial charge is 0.386 e. The molecule has 0 fully saturated rings. The molecule has 88 valence electrons. The zero-order valence-electron chi connectivity index (χ0n) is 9.19. The predicted molar refractivity (Wildman–Crippen MR) is 62.9 cm³/mol. The van der Waals surface area contributed by atoms with Crippen molar-refractivity contribution in [2.75, 3.05) is 0 Å². The van der Waals surface area contributed by atoms with E-state index in [1.54, 1.807) is 25.1 Å². The smallest absolute Gasteiger partial charge is 0.241 e. The van der Waals surface area contributed by atoms with E-state index in [1.807, 2.05) is 0 Å². The molecule has 0 aliphatic heterocycles. The number of hydrogen-bond acceptors (Lipinski definition) is 3. The summed E-state index contributed by atoms with van der Waals surface area (Å²) in [5.41, 5.74) is 5.87. The molecule has 0 amide bonds. The Bertz CT molecular complexity index is 497. The normalized spacial score (nSPS) is 13.4. The molecule has 5 nitrogen and oxygen atoms in total. The Morgan fingerprint density at radius 1 is 1.44 bits per heavy atom. The topological polar surface area (TPSA) is 96.0 Å². The highest BCUT2D eigenvalue weighted by atomic mass is 32.2. The van der Waals surface area contributed by atoms with Crippen molar-refractivity contribution in [2.24, 2.45) is 5.73 Å². The Hall–Kier alpha value is -1.40. The third-order valence-electron chi connectivity index (χ3n) is 2.18. The van der Waals surface area contributed by atoms with Gasteiger partial charge in [0.25, 0.3) is 0 Å². The molecular formula is C10H15N3O2S. The minimum atomic E-state index is -3.61. The Morgan fingerprint density at radius 2 is 2.00 bits per heavy atom. The summed E-state index contributed by atoms with van der Waals surface area (Å²) in [5, 5.41) is 7.15. The van der Waals surface area contributed by atoms with Crippen molar-refractivity contribution < 1.29 is 8.42 Å². The summed E-state index contributed by atoms with van der Waals surface area (Å²) in [4.78, 5) is 0.211. The van der Waals surface area contributed by atoms with Gasteiger partial charge >= 0.3 is 0 Å². The maximum Gasteiger partial charge on any atom is 0.241 e. The lowest BCUT2D eigenvalue weighted by molar-refractivity contribution is 0.577. The van der Waals surface area contributed by atoms with Crippen LogP contribution < -0.4 is 10.5 Å². The molecule has 1 rings (SSSR count). The molecule has 0 aliphatic carbocycles. The Labute approximate surface area is 95.2 Å². The summed E-state index contributed by atoms with van der Waals surface area (Å²) in [7, 11) is -3.61. The van der Waals surface area contributed by atoms with Gasteiger partial charge in [-0.15, -0.1) is 0 Å². The number of sulfonamides is 1. The first-order valence-electron chi connectivity index (χ1n) is 4.76. The molecule has 1 aromatic carbocycles. The molecular weight excluding hydrogens is 226 g/mol. The molecule has 0 saturated heterocycles. The summed E-state index contributed by atoms with van der Waals surface area (Å²) in [6, 6.07) is 5.95. The van der Waals surface area contributed by atoms with Crippen molar-refractivity contribution in [3.63, 3.8) is 0 Å². The van der Waals surface area contributed by atoms with Gasteiger partial charge in [0, 0.05) is 0 Å². The van der Waals surface area contributed by atoms with Gasteiger partial charge < -0.3 is 5.73 Å². The average Bonchev–Trinajstić information content (AvgIpc) is 2.17. The van der Waals surface area contributed by atoms with Gasteiger partial charge in [-0.1, -0.05) is 18.2 Å². The Morgan fingerprint density at radius 3 is 2.50 bits per heavy atom. The number of rotatable bonds is 4. The minimum Gasteiger partial charge on any atom is -0.386 e. The second-order valence-corrected chi connectivity index (χ2v) is 5.25. The lowest BCUT2D eigenvalue weighted by atomic mass is 10.2. The molecule has 1 atom stereocenters.